The number of anilines is 1. The number of carbonyl (C=O) groups excluding carboxylic acids is 1. The normalized spacial score (nSPS) is 11.5. The highest BCUT2D eigenvalue weighted by molar-refractivity contribution is 7.90. The molecule has 2 aromatic heterocycles. The first-order valence-electron chi connectivity index (χ1n) is 8.41. The maximum Gasteiger partial charge on any atom is 0.345 e. The number of fused-ring (bicyclic) bond motifs is 1. The SMILES string of the molecule is CS(=O)(=O)c1ccc(C(=O)Nc2nc(-c3cc4ccccc4oc3=O)cs2)cc1. The van der Waals surface area contributed by atoms with E-state index in [1.54, 1.807) is 23.6 Å². The highest BCUT2D eigenvalue weighted by Gasteiger charge is 2.14. The second kappa shape index (κ2) is 7.26. The van der Waals surface area contributed by atoms with Crippen LogP contribution in [0.2, 0.25) is 0 Å². The van der Waals surface area contributed by atoms with Gasteiger partial charge in [-0.1, -0.05) is 18.2 Å². The number of hydrogen-bond donors (Lipinski definition) is 1. The Kier molecular flexibility index (Phi) is 4.77. The van der Waals surface area contributed by atoms with E-state index in [0.29, 0.717) is 27.5 Å². The maximum absolute atomic E-state index is 12.4. The summed E-state index contributed by atoms with van der Waals surface area (Å²) in [5.41, 5.74) is 0.973. The third-order valence-corrected chi connectivity index (χ3v) is 6.07. The first-order valence-corrected chi connectivity index (χ1v) is 11.2. The van der Waals surface area contributed by atoms with Gasteiger partial charge in [0.05, 0.1) is 16.2 Å². The van der Waals surface area contributed by atoms with E-state index in [1.165, 1.54) is 35.6 Å². The van der Waals surface area contributed by atoms with Crippen molar-refractivity contribution in [1.29, 1.82) is 0 Å². The number of para-hydroxylation sites is 1. The quantitative estimate of drug-likeness (QED) is 0.500. The second-order valence-corrected chi connectivity index (χ2v) is 9.15. The molecule has 9 heteroatoms. The summed E-state index contributed by atoms with van der Waals surface area (Å²) in [5.74, 6) is -0.434. The van der Waals surface area contributed by atoms with Gasteiger partial charge in [-0.2, -0.15) is 0 Å². The summed E-state index contributed by atoms with van der Waals surface area (Å²) in [5, 5.41) is 5.39. The summed E-state index contributed by atoms with van der Waals surface area (Å²) in [6.07, 6.45) is 1.10. The zero-order valence-electron chi connectivity index (χ0n) is 15.1. The van der Waals surface area contributed by atoms with Crippen molar-refractivity contribution < 1.29 is 17.6 Å². The summed E-state index contributed by atoms with van der Waals surface area (Å²) in [7, 11) is -3.33. The number of rotatable bonds is 4. The number of thiazole rings is 1. The Morgan fingerprint density at radius 1 is 1.10 bits per heavy atom. The molecule has 0 bridgehead atoms. The average molecular weight is 426 g/mol. The summed E-state index contributed by atoms with van der Waals surface area (Å²) >= 11 is 1.17. The number of nitrogens with one attached hydrogen (secondary N) is 1. The number of nitrogens with zero attached hydrogens (tertiary/aromatic N) is 1. The van der Waals surface area contributed by atoms with E-state index in [-0.39, 0.29) is 4.90 Å². The number of aromatic nitrogens is 1. The molecule has 29 heavy (non-hydrogen) atoms. The van der Waals surface area contributed by atoms with Gasteiger partial charge in [0, 0.05) is 22.6 Å². The molecule has 1 amide bonds. The summed E-state index contributed by atoms with van der Waals surface area (Å²) in [6.45, 7) is 0. The molecule has 0 aliphatic rings. The van der Waals surface area contributed by atoms with E-state index < -0.39 is 21.4 Å². The minimum absolute atomic E-state index is 0.133. The fourth-order valence-corrected chi connectivity index (χ4v) is 4.05. The second-order valence-electron chi connectivity index (χ2n) is 6.27. The van der Waals surface area contributed by atoms with Gasteiger partial charge in [-0.3, -0.25) is 10.1 Å². The molecule has 0 unspecified atom stereocenters. The van der Waals surface area contributed by atoms with Crippen LogP contribution < -0.4 is 10.9 Å². The Bertz CT molecular complexity index is 1390. The van der Waals surface area contributed by atoms with Gasteiger partial charge >= 0.3 is 5.63 Å². The summed E-state index contributed by atoms with van der Waals surface area (Å²) in [4.78, 5) is 29.1. The highest BCUT2D eigenvalue weighted by atomic mass is 32.2. The zero-order chi connectivity index (χ0) is 20.6. The predicted octanol–water partition coefficient (Wildman–Crippen LogP) is 3.57. The van der Waals surface area contributed by atoms with Crippen LogP contribution in [0.1, 0.15) is 10.4 Å². The standard InChI is InChI=1S/C20H14N2O5S2/c1-29(25,26)14-8-6-12(7-9-14)18(23)22-20-21-16(11-28-20)15-10-13-4-2-3-5-17(13)27-19(15)24/h2-11H,1H3,(H,21,22,23). The Morgan fingerprint density at radius 2 is 1.83 bits per heavy atom. The molecule has 1 N–H and O–H groups in total. The van der Waals surface area contributed by atoms with Crippen molar-refractivity contribution in [3.8, 4) is 11.3 Å². The lowest BCUT2D eigenvalue weighted by molar-refractivity contribution is 0.102. The summed E-state index contributed by atoms with van der Waals surface area (Å²) < 4.78 is 28.3. The van der Waals surface area contributed by atoms with Gasteiger partial charge < -0.3 is 4.42 Å². The highest BCUT2D eigenvalue weighted by Crippen LogP contribution is 2.25. The van der Waals surface area contributed by atoms with E-state index >= 15 is 0 Å². The Hall–Kier alpha value is -3.30. The van der Waals surface area contributed by atoms with Gasteiger partial charge in [-0.25, -0.2) is 18.2 Å². The van der Waals surface area contributed by atoms with Gasteiger partial charge in [0.2, 0.25) is 0 Å². The van der Waals surface area contributed by atoms with Gasteiger partial charge in [-0.15, -0.1) is 11.3 Å². The first kappa shape index (κ1) is 19.0. The van der Waals surface area contributed by atoms with E-state index in [4.69, 9.17) is 4.42 Å². The molecule has 0 spiro atoms. The van der Waals surface area contributed by atoms with Crippen LogP contribution >= 0.6 is 11.3 Å². The number of hydrogen-bond acceptors (Lipinski definition) is 7. The van der Waals surface area contributed by atoms with Crippen LogP contribution in [0.3, 0.4) is 0 Å². The van der Waals surface area contributed by atoms with E-state index in [2.05, 4.69) is 10.3 Å². The van der Waals surface area contributed by atoms with Crippen molar-refractivity contribution >= 4 is 43.2 Å². The van der Waals surface area contributed by atoms with Crippen molar-refractivity contribution in [1.82, 2.24) is 4.98 Å². The Morgan fingerprint density at radius 3 is 2.55 bits per heavy atom. The number of carbonyl (C=O) groups is 1. The molecule has 4 rings (SSSR count). The van der Waals surface area contributed by atoms with Crippen molar-refractivity contribution in [2.75, 3.05) is 11.6 Å². The maximum atomic E-state index is 12.4. The predicted molar refractivity (Wildman–Crippen MR) is 111 cm³/mol. The summed E-state index contributed by atoms with van der Waals surface area (Å²) in [6, 6.07) is 14.5. The number of benzene rings is 2. The van der Waals surface area contributed by atoms with E-state index in [9.17, 15) is 18.0 Å². The van der Waals surface area contributed by atoms with Crippen molar-refractivity contribution in [3.63, 3.8) is 0 Å². The van der Waals surface area contributed by atoms with Gasteiger partial charge in [-0.05, 0) is 36.4 Å². The molecule has 0 fully saturated rings. The third kappa shape index (κ3) is 3.96. The minimum atomic E-state index is -3.33. The monoisotopic (exact) mass is 426 g/mol. The first-order chi connectivity index (χ1) is 13.8. The third-order valence-electron chi connectivity index (χ3n) is 4.19. The molecule has 0 aliphatic carbocycles. The molecule has 0 atom stereocenters. The Balaban J connectivity index is 1.57. The van der Waals surface area contributed by atoms with Crippen molar-refractivity contribution in [3.05, 3.63) is 76.0 Å². The minimum Gasteiger partial charge on any atom is -0.422 e. The van der Waals surface area contributed by atoms with Crippen LogP contribution in [0, 0.1) is 0 Å². The number of amides is 1. The zero-order valence-corrected chi connectivity index (χ0v) is 16.7. The molecular formula is C20H14N2O5S2. The van der Waals surface area contributed by atoms with Crippen molar-refractivity contribution in [2.45, 2.75) is 4.90 Å². The fourth-order valence-electron chi connectivity index (χ4n) is 2.72. The van der Waals surface area contributed by atoms with Crippen LogP contribution in [0.25, 0.3) is 22.2 Å². The van der Waals surface area contributed by atoms with E-state index in [0.717, 1.165) is 11.6 Å². The molecule has 0 saturated carbocycles. The van der Waals surface area contributed by atoms with Gasteiger partial charge in [0.1, 0.15) is 5.58 Å². The van der Waals surface area contributed by atoms with Crippen LogP contribution in [0.5, 0.6) is 0 Å². The lowest BCUT2D eigenvalue weighted by Crippen LogP contribution is -2.12. The van der Waals surface area contributed by atoms with Crippen LogP contribution in [0.4, 0.5) is 5.13 Å². The molecule has 2 heterocycles. The van der Waals surface area contributed by atoms with Crippen LogP contribution in [-0.2, 0) is 9.84 Å². The largest absolute Gasteiger partial charge is 0.422 e. The molecule has 7 nitrogen and oxygen atoms in total. The molecule has 0 saturated heterocycles. The van der Waals surface area contributed by atoms with E-state index in [1.807, 2.05) is 12.1 Å². The van der Waals surface area contributed by atoms with Crippen LogP contribution in [-0.4, -0.2) is 25.6 Å². The fraction of sp³-hybridized carbons (Fsp3) is 0.0500. The Labute approximate surface area is 169 Å². The molecule has 0 aliphatic heterocycles. The molecule has 146 valence electrons. The lowest BCUT2D eigenvalue weighted by atomic mass is 10.1. The molecule has 0 radical (unpaired) electrons. The average Bonchev–Trinajstić information content (AvgIpc) is 3.15. The lowest BCUT2D eigenvalue weighted by Gasteiger charge is -2.03. The molecule has 4 aromatic rings. The van der Waals surface area contributed by atoms with Crippen LogP contribution in [0.15, 0.2) is 74.1 Å². The topological polar surface area (TPSA) is 106 Å². The number of sulfone groups is 1. The molecular weight excluding hydrogens is 412 g/mol. The van der Waals surface area contributed by atoms with Gasteiger partial charge in [0.25, 0.3) is 5.91 Å². The smallest absolute Gasteiger partial charge is 0.345 e. The van der Waals surface area contributed by atoms with Gasteiger partial charge in [0.15, 0.2) is 15.0 Å². The molecule has 2 aromatic carbocycles. The van der Waals surface area contributed by atoms with Crippen molar-refractivity contribution in [2.24, 2.45) is 0 Å².